The van der Waals surface area contributed by atoms with Crippen molar-refractivity contribution in [3.05, 3.63) is 203 Å². The van der Waals surface area contributed by atoms with E-state index in [4.69, 9.17) is 9.15 Å². The quantitative estimate of drug-likeness (QED) is 0.174. The van der Waals surface area contributed by atoms with Crippen molar-refractivity contribution >= 4 is 32.7 Å². The Kier molecular flexibility index (Phi) is 7.23. The summed E-state index contributed by atoms with van der Waals surface area (Å²) in [7, 11) is 0. The fourth-order valence-corrected chi connectivity index (χ4v) is 11.3. The van der Waals surface area contributed by atoms with Gasteiger partial charge in [-0.05, 0) is 124 Å². The molecule has 2 heteroatoms. The van der Waals surface area contributed by atoms with Crippen molar-refractivity contribution in [3.8, 4) is 67.1 Å². The minimum absolute atomic E-state index is 0.00404. The third-order valence-electron chi connectivity index (χ3n) is 14.4. The number of ether oxygens (including phenoxy) is 1. The molecule has 0 fully saturated rings. The van der Waals surface area contributed by atoms with E-state index < -0.39 is 5.41 Å². The number of benzene rings is 9. The van der Waals surface area contributed by atoms with Gasteiger partial charge in [-0.25, -0.2) is 0 Å². The van der Waals surface area contributed by atoms with Crippen molar-refractivity contribution in [2.75, 3.05) is 0 Å². The molecule has 0 atom stereocenters. The lowest BCUT2D eigenvalue weighted by molar-refractivity contribution is 0.487. The van der Waals surface area contributed by atoms with Crippen LogP contribution in [0.1, 0.15) is 74.9 Å². The highest BCUT2D eigenvalue weighted by Gasteiger charge is 2.52. The summed E-state index contributed by atoms with van der Waals surface area (Å²) in [5.74, 6) is 1.75. The van der Waals surface area contributed by atoms with E-state index in [2.05, 4.69) is 199 Å². The summed E-state index contributed by atoms with van der Waals surface area (Å²) in [6, 6.07) is 63.5. The van der Waals surface area contributed by atoms with Gasteiger partial charge in [0.25, 0.3) is 0 Å². The number of para-hydroxylation sites is 2. The molecule has 2 heterocycles. The van der Waals surface area contributed by atoms with Crippen LogP contribution in [0.2, 0.25) is 0 Å². The molecule has 63 heavy (non-hydrogen) atoms. The van der Waals surface area contributed by atoms with Gasteiger partial charge in [-0.1, -0.05) is 181 Å². The van der Waals surface area contributed by atoms with Gasteiger partial charge in [0.15, 0.2) is 0 Å². The topological polar surface area (TPSA) is 22.4 Å². The van der Waals surface area contributed by atoms with Crippen molar-refractivity contribution < 1.29 is 9.15 Å². The molecule has 302 valence electrons. The van der Waals surface area contributed by atoms with Crippen LogP contribution < -0.4 is 4.74 Å². The van der Waals surface area contributed by atoms with E-state index in [0.29, 0.717) is 0 Å². The van der Waals surface area contributed by atoms with Crippen LogP contribution in [0.4, 0.5) is 0 Å². The average molecular weight is 811 g/mol. The minimum atomic E-state index is -0.470. The summed E-state index contributed by atoms with van der Waals surface area (Å²) >= 11 is 0. The Hall–Kier alpha value is -7.16. The lowest BCUT2D eigenvalue weighted by Crippen LogP contribution is -2.27. The van der Waals surface area contributed by atoms with Crippen molar-refractivity contribution in [1.29, 1.82) is 0 Å². The van der Waals surface area contributed by atoms with Gasteiger partial charge in [-0.15, -0.1) is 0 Å². The molecular weight excluding hydrogens is 765 g/mol. The molecule has 0 radical (unpaired) electrons. The monoisotopic (exact) mass is 810 g/mol. The lowest BCUT2D eigenvalue weighted by atomic mass is 9.68. The summed E-state index contributed by atoms with van der Waals surface area (Å²) in [4.78, 5) is 0. The fourth-order valence-electron chi connectivity index (χ4n) is 11.3. The predicted molar refractivity (Wildman–Crippen MR) is 261 cm³/mol. The van der Waals surface area contributed by atoms with E-state index >= 15 is 0 Å². The van der Waals surface area contributed by atoms with Crippen LogP contribution in [0.3, 0.4) is 0 Å². The fraction of sp³-hybridized carbons (Fsp3) is 0.148. The first-order chi connectivity index (χ1) is 30.5. The Balaban J connectivity index is 1.02. The van der Waals surface area contributed by atoms with E-state index in [0.717, 1.165) is 55.5 Å². The first kappa shape index (κ1) is 36.5. The zero-order valence-corrected chi connectivity index (χ0v) is 36.5. The first-order valence-electron chi connectivity index (χ1n) is 22.3. The summed E-state index contributed by atoms with van der Waals surface area (Å²) in [6.07, 6.45) is 0. The van der Waals surface area contributed by atoms with Crippen molar-refractivity contribution in [2.24, 2.45) is 0 Å². The van der Waals surface area contributed by atoms with E-state index in [9.17, 15) is 0 Å². The molecule has 0 bridgehead atoms. The molecule has 0 unspecified atom stereocenters. The van der Waals surface area contributed by atoms with Gasteiger partial charge in [-0.3, -0.25) is 0 Å². The van der Waals surface area contributed by atoms with Crippen molar-refractivity contribution in [3.63, 3.8) is 0 Å². The van der Waals surface area contributed by atoms with Gasteiger partial charge in [0.05, 0.1) is 5.41 Å². The second kappa shape index (κ2) is 12.5. The number of hydrogen-bond donors (Lipinski definition) is 0. The highest BCUT2D eigenvalue weighted by molar-refractivity contribution is 6.12. The van der Waals surface area contributed by atoms with Crippen LogP contribution in [0.15, 0.2) is 174 Å². The van der Waals surface area contributed by atoms with Gasteiger partial charge in [0.2, 0.25) is 0 Å². The third-order valence-corrected chi connectivity index (χ3v) is 14.4. The van der Waals surface area contributed by atoms with Crippen LogP contribution in [0.25, 0.3) is 88.3 Å². The Bertz CT molecular complexity index is 3560. The van der Waals surface area contributed by atoms with Crippen molar-refractivity contribution in [2.45, 2.75) is 57.8 Å². The molecule has 1 spiro atoms. The minimum Gasteiger partial charge on any atom is -0.456 e. The zero-order chi connectivity index (χ0) is 42.6. The smallest absolute Gasteiger partial charge is 0.143 e. The molecule has 1 aromatic heterocycles. The number of furan rings is 1. The average Bonchev–Trinajstić information content (AvgIpc) is 3.92. The molecular formula is C61H46O2. The maximum atomic E-state index is 6.79. The highest BCUT2D eigenvalue weighted by atomic mass is 16.5. The molecule has 0 saturated carbocycles. The molecule has 0 N–H and O–H groups in total. The summed E-state index contributed by atoms with van der Waals surface area (Å²) in [5.41, 5.74) is 21.7. The third kappa shape index (κ3) is 4.95. The molecule has 2 aliphatic carbocycles. The van der Waals surface area contributed by atoms with Crippen LogP contribution in [0.5, 0.6) is 11.5 Å². The van der Waals surface area contributed by atoms with Crippen LogP contribution in [0, 0.1) is 0 Å². The maximum Gasteiger partial charge on any atom is 0.143 e. The second-order valence-electron chi connectivity index (χ2n) is 20.0. The van der Waals surface area contributed by atoms with E-state index in [-0.39, 0.29) is 10.8 Å². The largest absolute Gasteiger partial charge is 0.456 e. The Morgan fingerprint density at radius 3 is 1.65 bits per heavy atom. The van der Waals surface area contributed by atoms with Gasteiger partial charge in [0.1, 0.15) is 22.7 Å². The molecule has 0 amide bonds. The summed E-state index contributed by atoms with van der Waals surface area (Å²) in [6.45, 7) is 14.0. The van der Waals surface area contributed by atoms with Crippen LogP contribution in [-0.4, -0.2) is 0 Å². The van der Waals surface area contributed by atoms with Gasteiger partial charge >= 0.3 is 0 Å². The molecule has 9 aromatic carbocycles. The standard InChI is InChI=1S/C61H46O2/c1-59(2,3)37-23-26-43-44-27-24-38(60(4,5)6)34-53(44)61(52(43)33-37)50-19-9-7-13-41(50)42-25-21-36(32-51(42)61)39-28-30-56-57-46(39)16-12-17-47(57)49-31-35(22-29-55(49)62-56)40-15-11-18-48-45-14-8-10-20-54(45)63-58(40)48/h7-34H,1-6H3. The highest BCUT2D eigenvalue weighted by Crippen LogP contribution is 2.64. The Labute approximate surface area is 368 Å². The molecule has 10 aromatic rings. The van der Waals surface area contributed by atoms with E-state index in [1.54, 1.807) is 0 Å². The zero-order valence-electron chi connectivity index (χ0n) is 36.5. The van der Waals surface area contributed by atoms with Crippen LogP contribution >= 0.6 is 0 Å². The molecule has 13 rings (SSSR count). The predicted octanol–water partition coefficient (Wildman–Crippen LogP) is 16.8. The van der Waals surface area contributed by atoms with E-state index in [1.807, 2.05) is 12.1 Å². The number of fused-ring (bicyclic) bond motifs is 15. The molecule has 1 aliphatic heterocycles. The van der Waals surface area contributed by atoms with Crippen molar-refractivity contribution in [1.82, 2.24) is 0 Å². The van der Waals surface area contributed by atoms with E-state index in [1.165, 1.54) is 77.7 Å². The lowest BCUT2D eigenvalue weighted by Gasteiger charge is -2.33. The first-order valence-corrected chi connectivity index (χ1v) is 22.3. The number of rotatable bonds is 2. The van der Waals surface area contributed by atoms with Crippen LogP contribution in [-0.2, 0) is 16.2 Å². The molecule has 2 nitrogen and oxygen atoms in total. The summed E-state index contributed by atoms with van der Waals surface area (Å²) in [5, 5.41) is 4.58. The molecule has 0 saturated heterocycles. The second-order valence-corrected chi connectivity index (χ2v) is 20.0. The maximum absolute atomic E-state index is 6.79. The molecule has 3 aliphatic rings. The Morgan fingerprint density at radius 2 is 0.905 bits per heavy atom. The number of hydrogen-bond acceptors (Lipinski definition) is 2. The Morgan fingerprint density at radius 1 is 0.365 bits per heavy atom. The van der Waals surface area contributed by atoms with Gasteiger partial charge < -0.3 is 9.15 Å². The SMILES string of the molecule is CC(C)(C)c1ccc2c(c1)C1(c3ccccc3-c3ccc(-c4ccc5c6c(cccc46)-c4cc(-c6cccc7c6oc6ccccc67)ccc4O5)cc31)c1cc(C(C)(C)C)ccc1-2. The van der Waals surface area contributed by atoms with Gasteiger partial charge in [0, 0.05) is 27.3 Å². The van der Waals surface area contributed by atoms with Gasteiger partial charge in [-0.2, -0.15) is 0 Å². The summed E-state index contributed by atoms with van der Waals surface area (Å²) < 4.78 is 13.3. The normalized spacial score (nSPS) is 14.1.